The lowest BCUT2D eigenvalue weighted by Crippen LogP contribution is -2.34. The van der Waals surface area contributed by atoms with E-state index in [0.717, 1.165) is 19.4 Å². The van der Waals surface area contributed by atoms with Crippen LogP contribution in [0.4, 0.5) is 0 Å². The van der Waals surface area contributed by atoms with Gasteiger partial charge in [-0.3, -0.25) is 5.41 Å². The van der Waals surface area contributed by atoms with Gasteiger partial charge >= 0.3 is 0 Å². The van der Waals surface area contributed by atoms with Gasteiger partial charge in [-0.2, -0.15) is 0 Å². The SMILES string of the molecule is COC1CC(Cn2cc(C(C)(C)C)sc2=N)C1. The Morgan fingerprint density at radius 2 is 2.12 bits per heavy atom. The summed E-state index contributed by atoms with van der Waals surface area (Å²) in [5.74, 6) is 0.691. The van der Waals surface area contributed by atoms with Crippen molar-refractivity contribution in [3.8, 4) is 0 Å². The summed E-state index contributed by atoms with van der Waals surface area (Å²) in [6, 6.07) is 0. The second-order valence-corrected chi connectivity index (χ2v) is 7.03. The largest absolute Gasteiger partial charge is 0.381 e. The van der Waals surface area contributed by atoms with E-state index in [1.807, 2.05) is 0 Å². The minimum Gasteiger partial charge on any atom is -0.381 e. The van der Waals surface area contributed by atoms with Crippen LogP contribution in [0.25, 0.3) is 0 Å². The molecule has 0 amide bonds. The van der Waals surface area contributed by atoms with Crippen LogP contribution in [0.1, 0.15) is 38.5 Å². The molecule has 0 atom stereocenters. The van der Waals surface area contributed by atoms with E-state index in [2.05, 4.69) is 31.5 Å². The van der Waals surface area contributed by atoms with E-state index in [4.69, 9.17) is 10.1 Å². The van der Waals surface area contributed by atoms with E-state index in [1.165, 1.54) is 4.88 Å². The van der Waals surface area contributed by atoms with Crippen molar-refractivity contribution in [2.24, 2.45) is 5.92 Å². The molecule has 0 aliphatic heterocycles. The first kappa shape index (κ1) is 12.8. The molecule has 1 fully saturated rings. The van der Waals surface area contributed by atoms with E-state index in [1.54, 1.807) is 18.4 Å². The third kappa shape index (κ3) is 2.80. The normalized spacial score (nSPS) is 24.7. The average Bonchev–Trinajstić information content (AvgIpc) is 2.52. The first-order valence-electron chi connectivity index (χ1n) is 6.18. The van der Waals surface area contributed by atoms with E-state index in [0.29, 0.717) is 16.8 Å². The Balaban J connectivity index is 2.03. The number of hydrogen-bond acceptors (Lipinski definition) is 3. The number of hydrogen-bond donors (Lipinski definition) is 1. The van der Waals surface area contributed by atoms with Gasteiger partial charge in [-0.05, 0) is 24.2 Å². The second kappa shape index (κ2) is 4.58. The smallest absolute Gasteiger partial charge is 0.182 e. The Kier molecular flexibility index (Phi) is 3.46. The van der Waals surface area contributed by atoms with Crippen LogP contribution in [0, 0.1) is 11.3 Å². The summed E-state index contributed by atoms with van der Waals surface area (Å²) < 4.78 is 7.39. The van der Waals surface area contributed by atoms with Gasteiger partial charge in [0.15, 0.2) is 4.80 Å². The van der Waals surface area contributed by atoms with Gasteiger partial charge in [-0.25, -0.2) is 0 Å². The van der Waals surface area contributed by atoms with Crippen LogP contribution in [0.15, 0.2) is 6.20 Å². The predicted octanol–water partition coefficient (Wildman–Crippen LogP) is 2.75. The molecule has 1 saturated carbocycles. The van der Waals surface area contributed by atoms with Crippen LogP contribution in [0.5, 0.6) is 0 Å². The highest BCUT2D eigenvalue weighted by atomic mass is 32.1. The molecule has 1 aromatic heterocycles. The van der Waals surface area contributed by atoms with Crippen LogP contribution in [-0.4, -0.2) is 17.8 Å². The number of thiazole rings is 1. The molecule has 0 unspecified atom stereocenters. The van der Waals surface area contributed by atoms with Gasteiger partial charge < -0.3 is 9.30 Å². The van der Waals surface area contributed by atoms with Crippen molar-refractivity contribution in [1.29, 1.82) is 5.41 Å². The number of ether oxygens (including phenoxy) is 1. The van der Waals surface area contributed by atoms with Gasteiger partial charge in [0.25, 0.3) is 0 Å². The number of nitrogens with one attached hydrogen (secondary N) is 1. The van der Waals surface area contributed by atoms with Crippen molar-refractivity contribution in [1.82, 2.24) is 4.57 Å². The lowest BCUT2D eigenvalue weighted by molar-refractivity contribution is -0.00465. The molecule has 1 N–H and O–H groups in total. The molecule has 0 saturated heterocycles. The van der Waals surface area contributed by atoms with Crippen molar-refractivity contribution < 1.29 is 4.74 Å². The topological polar surface area (TPSA) is 38.0 Å². The number of rotatable bonds is 3. The quantitative estimate of drug-likeness (QED) is 0.885. The molecule has 3 nitrogen and oxygen atoms in total. The maximum atomic E-state index is 8.01. The summed E-state index contributed by atoms with van der Waals surface area (Å²) in [7, 11) is 1.78. The van der Waals surface area contributed by atoms with Crippen molar-refractivity contribution in [2.45, 2.75) is 51.7 Å². The molecule has 0 spiro atoms. The van der Waals surface area contributed by atoms with Crippen molar-refractivity contribution in [3.05, 3.63) is 15.9 Å². The first-order valence-corrected chi connectivity index (χ1v) is 7.00. The minimum atomic E-state index is 0.153. The second-order valence-electron chi connectivity index (χ2n) is 6.00. The predicted molar refractivity (Wildman–Crippen MR) is 70.4 cm³/mol. The van der Waals surface area contributed by atoms with Gasteiger partial charge in [0.1, 0.15) is 0 Å². The van der Waals surface area contributed by atoms with Crippen LogP contribution in [-0.2, 0) is 16.7 Å². The molecule has 1 aliphatic rings. The fraction of sp³-hybridized carbons (Fsp3) is 0.769. The van der Waals surface area contributed by atoms with Gasteiger partial charge in [0, 0.05) is 24.7 Å². The molecule has 0 bridgehead atoms. The number of aromatic nitrogens is 1. The van der Waals surface area contributed by atoms with E-state index in [9.17, 15) is 0 Å². The molecule has 0 aromatic carbocycles. The zero-order chi connectivity index (χ0) is 12.6. The van der Waals surface area contributed by atoms with Gasteiger partial charge in [0.05, 0.1) is 6.10 Å². The highest BCUT2D eigenvalue weighted by Gasteiger charge is 2.29. The Morgan fingerprint density at radius 3 is 2.59 bits per heavy atom. The van der Waals surface area contributed by atoms with E-state index in [-0.39, 0.29) is 5.41 Å². The zero-order valence-electron chi connectivity index (χ0n) is 11.1. The molecule has 1 aliphatic carbocycles. The Hall–Kier alpha value is -0.610. The lowest BCUT2D eigenvalue weighted by atomic mass is 9.82. The average molecular weight is 254 g/mol. The summed E-state index contributed by atoms with van der Waals surface area (Å²) in [5.41, 5.74) is 0.153. The summed E-state index contributed by atoms with van der Waals surface area (Å²) >= 11 is 1.60. The minimum absolute atomic E-state index is 0.153. The molecule has 1 heterocycles. The summed E-state index contributed by atoms with van der Waals surface area (Å²) in [5, 5.41) is 8.01. The third-order valence-electron chi connectivity index (χ3n) is 3.46. The fourth-order valence-electron chi connectivity index (χ4n) is 2.17. The Bertz CT molecular complexity index is 435. The lowest BCUT2D eigenvalue weighted by Gasteiger charge is -2.34. The molecule has 17 heavy (non-hydrogen) atoms. The van der Waals surface area contributed by atoms with Crippen LogP contribution >= 0.6 is 11.3 Å². The summed E-state index contributed by atoms with van der Waals surface area (Å²) in [4.78, 5) is 1.97. The van der Waals surface area contributed by atoms with Crippen LogP contribution in [0.3, 0.4) is 0 Å². The summed E-state index contributed by atoms with van der Waals surface area (Å²) in [6.45, 7) is 7.58. The maximum Gasteiger partial charge on any atom is 0.182 e. The molecule has 4 heteroatoms. The molecular formula is C13H22N2OS. The highest BCUT2D eigenvalue weighted by Crippen LogP contribution is 2.31. The molecule has 96 valence electrons. The third-order valence-corrected chi connectivity index (χ3v) is 4.83. The first-order chi connectivity index (χ1) is 7.90. The number of nitrogens with zero attached hydrogens (tertiary/aromatic N) is 1. The van der Waals surface area contributed by atoms with E-state index < -0.39 is 0 Å². The van der Waals surface area contributed by atoms with Crippen molar-refractivity contribution >= 4 is 11.3 Å². The molecule has 0 radical (unpaired) electrons. The van der Waals surface area contributed by atoms with Gasteiger partial charge in [-0.15, -0.1) is 11.3 Å². The highest BCUT2D eigenvalue weighted by molar-refractivity contribution is 7.09. The monoisotopic (exact) mass is 254 g/mol. The Labute approximate surface area is 107 Å². The van der Waals surface area contributed by atoms with Crippen molar-refractivity contribution in [3.63, 3.8) is 0 Å². The molecule has 1 aromatic rings. The summed E-state index contributed by atoms with van der Waals surface area (Å²) in [6.07, 6.45) is 4.90. The molecular weight excluding hydrogens is 232 g/mol. The van der Waals surface area contributed by atoms with E-state index >= 15 is 0 Å². The maximum absolute atomic E-state index is 8.01. The van der Waals surface area contributed by atoms with Gasteiger partial charge in [-0.1, -0.05) is 20.8 Å². The van der Waals surface area contributed by atoms with Crippen molar-refractivity contribution in [2.75, 3.05) is 7.11 Å². The zero-order valence-corrected chi connectivity index (χ0v) is 11.9. The van der Waals surface area contributed by atoms with Crippen LogP contribution < -0.4 is 4.80 Å². The number of methoxy groups -OCH3 is 1. The Morgan fingerprint density at radius 1 is 1.47 bits per heavy atom. The van der Waals surface area contributed by atoms with Crippen LogP contribution in [0.2, 0.25) is 0 Å². The fourth-order valence-corrected chi connectivity index (χ4v) is 3.10. The molecule has 2 rings (SSSR count). The van der Waals surface area contributed by atoms with Gasteiger partial charge in [0.2, 0.25) is 0 Å². The standard InChI is InChI=1S/C13H22N2OS/c1-13(2,3)11-8-15(12(14)17-11)7-9-5-10(6-9)16-4/h8-10,14H,5-7H2,1-4H3.